The van der Waals surface area contributed by atoms with Gasteiger partial charge in [-0.2, -0.15) is 18.3 Å². The van der Waals surface area contributed by atoms with E-state index in [0.717, 1.165) is 36.4 Å². The molecule has 2 aromatic rings. The zero-order chi connectivity index (χ0) is 22.3. The maximum absolute atomic E-state index is 13.6. The highest BCUT2D eigenvalue weighted by Crippen LogP contribution is 2.70. The van der Waals surface area contributed by atoms with Gasteiger partial charge in [0.05, 0.1) is 5.69 Å². The Morgan fingerprint density at radius 1 is 1.25 bits per heavy atom. The molecule has 4 atom stereocenters. The van der Waals surface area contributed by atoms with Gasteiger partial charge in [0.2, 0.25) is 5.91 Å². The zero-order valence-corrected chi connectivity index (χ0v) is 18.1. The molecule has 2 bridgehead atoms. The van der Waals surface area contributed by atoms with E-state index in [1.54, 1.807) is 13.0 Å². The molecule has 170 valence electrons. The van der Waals surface area contributed by atoms with E-state index in [-0.39, 0.29) is 23.4 Å². The summed E-state index contributed by atoms with van der Waals surface area (Å²) in [6.07, 6.45) is 5.57. The summed E-state index contributed by atoms with van der Waals surface area (Å²) in [7, 11) is 0. The lowest BCUT2D eigenvalue weighted by Crippen LogP contribution is -2.43. The largest absolute Gasteiger partial charge is 0.433 e. The van der Waals surface area contributed by atoms with Crippen LogP contribution in [-0.2, 0) is 17.4 Å². The Morgan fingerprint density at radius 3 is 2.75 bits per heavy atom. The second-order valence-electron chi connectivity index (χ2n) is 10.0. The summed E-state index contributed by atoms with van der Waals surface area (Å²) in [5.41, 5.74) is 0.797. The first-order chi connectivity index (χ1) is 15.3. The van der Waals surface area contributed by atoms with E-state index in [0.29, 0.717) is 41.6 Å². The van der Waals surface area contributed by atoms with Crippen molar-refractivity contribution in [2.75, 3.05) is 13.1 Å². The fraction of sp³-hybridized carbons (Fsp3) is 0.625. The molecule has 1 amide bonds. The van der Waals surface area contributed by atoms with Crippen LogP contribution in [0.25, 0.3) is 5.65 Å². The number of likely N-dealkylation sites (tertiary alicyclic amines) is 1. The molecule has 2 saturated carbocycles. The molecular weight excluding hydrogens is 417 g/mol. The van der Waals surface area contributed by atoms with Crippen molar-refractivity contribution in [1.82, 2.24) is 19.5 Å². The van der Waals surface area contributed by atoms with Crippen molar-refractivity contribution >= 4 is 11.6 Å². The van der Waals surface area contributed by atoms with E-state index < -0.39 is 11.9 Å². The summed E-state index contributed by atoms with van der Waals surface area (Å²) in [6.45, 7) is 3.03. The molecule has 8 heteroatoms. The molecule has 0 radical (unpaired) electrons. The van der Waals surface area contributed by atoms with E-state index in [4.69, 9.17) is 0 Å². The lowest BCUT2D eigenvalue weighted by molar-refractivity contribution is -0.142. The van der Waals surface area contributed by atoms with Gasteiger partial charge < -0.3 is 4.90 Å². The van der Waals surface area contributed by atoms with Crippen LogP contribution in [0.2, 0.25) is 0 Å². The molecule has 1 spiro atoms. The summed E-state index contributed by atoms with van der Waals surface area (Å²) in [5, 5.41) is 4.33. The van der Waals surface area contributed by atoms with Crippen LogP contribution in [0.1, 0.15) is 62.0 Å². The first kappa shape index (κ1) is 20.2. The molecule has 0 N–H and O–H groups in total. The minimum Gasteiger partial charge on any atom is -0.342 e. The monoisotopic (exact) mass is 444 g/mol. The van der Waals surface area contributed by atoms with E-state index in [1.165, 1.54) is 12.8 Å². The minimum absolute atomic E-state index is 0.0652. The van der Waals surface area contributed by atoms with Crippen LogP contribution in [-0.4, -0.2) is 38.5 Å². The second kappa shape index (κ2) is 6.81. The van der Waals surface area contributed by atoms with Gasteiger partial charge in [-0.25, -0.2) is 9.50 Å². The number of rotatable bonds is 3. The van der Waals surface area contributed by atoms with Gasteiger partial charge in [0, 0.05) is 36.7 Å². The predicted octanol–water partition coefficient (Wildman–Crippen LogP) is 4.62. The fourth-order valence-electron chi connectivity index (χ4n) is 6.54. The molecule has 3 fully saturated rings. The van der Waals surface area contributed by atoms with Crippen LogP contribution >= 0.6 is 0 Å². The van der Waals surface area contributed by atoms with Crippen molar-refractivity contribution in [1.29, 1.82) is 0 Å². The predicted molar refractivity (Wildman–Crippen MR) is 112 cm³/mol. The number of piperidine rings is 1. The molecule has 4 aliphatic rings. The van der Waals surface area contributed by atoms with Crippen molar-refractivity contribution in [2.45, 2.75) is 57.5 Å². The van der Waals surface area contributed by atoms with Gasteiger partial charge in [0.25, 0.3) is 0 Å². The normalized spacial score (nSPS) is 30.6. The molecule has 3 aliphatic carbocycles. The van der Waals surface area contributed by atoms with E-state index in [9.17, 15) is 18.0 Å². The average Bonchev–Trinajstić information content (AvgIpc) is 3.24. The number of amides is 1. The third-order valence-corrected chi connectivity index (χ3v) is 8.34. The number of aryl methyl sites for hydroxylation is 1. The Kier molecular flexibility index (Phi) is 4.31. The highest BCUT2D eigenvalue weighted by molar-refractivity contribution is 5.81. The number of carbonyl (C=O) groups excluding carboxylic acids is 1. The van der Waals surface area contributed by atoms with E-state index in [1.807, 2.05) is 4.90 Å². The summed E-state index contributed by atoms with van der Waals surface area (Å²) in [5.74, 6) is 1.16. The van der Waals surface area contributed by atoms with Crippen molar-refractivity contribution < 1.29 is 18.0 Å². The molecule has 1 saturated heterocycles. The molecule has 6 rings (SSSR count). The van der Waals surface area contributed by atoms with Gasteiger partial charge in [0.15, 0.2) is 5.65 Å². The summed E-state index contributed by atoms with van der Waals surface area (Å²) >= 11 is 0. The van der Waals surface area contributed by atoms with Gasteiger partial charge in [-0.3, -0.25) is 4.79 Å². The van der Waals surface area contributed by atoms with Gasteiger partial charge in [0.1, 0.15) is 5.69 Å². The first-order valence-corrected chi connectivity index (χ1v) is 11.7. The maximum atomic E-state index is 13.6. The number of hydrogen-bond donors (Lipinski definition) is 0. The molecular formula is C24H27F3N4O. The number of hydrogen-bond acceptors (Lipinski definition) is 3. The van der Waals surface area contributed by atoms with E-state index >= 15 is 0 Å². The van der Waals surface area contributed by atoms with Crippen molar-refractivity contribution in [3.8, 4) is 0 Å². The Hall–Kier alpha value is -2.38. The maximum Gasteiger partial charge on any atom is 0.433 e. The molecule has 2 aromatic heterocycles. The molecule has 1 aliphatic heterocycles. The van der Waals surface area contributed by atoms with Crippen LogP contribution in [0.5, 0.6) is 0 Å². The Balaban J connectivity index is 1.26. The lowest BCUT2D eigenvalue weighted by atomic mass is 9.87. The number of alkyl halides is 3. The highest BCUT2D eigenvalue weighted by Gasteiger charge is 2.64. The Morgan fingerprint density at radius 2 is 2.06 bits per heavy atom. The van der Waals surface area contributed by atoms with Gasteiger partial charge in [-0.05, 0) is 61.8 Å². The standard InChI is InChI=1S/C24H27F3N4O/c1-2-16-11-20(24(25,26)27)31-21(28-16)12-19(29-31)14-4-3-9-30(13-14)22(32)17-10-15-5-6-18(17)23(15)7-8-23/h5-6,11-12,14-15,17-18H,2-4,7-10,13H2,1H3/t14-,15-,17-,18-/m1/s1. The Bertz CT molecular complexity index is 1120. The topological polar surface area (TPSA) is 50.5 Å². The Labute approximate surface area is 184 Å². The first-order valence-electron chi connectivity index (χ1n) is 11.7. The lowest BCUT2D eigenvalue weighted by Gasteiger charge is -2.35. The number of halogens is 3. The zero-order valence-electron chi connectivity index (χ0n) is 18.1. The number of allylic oxidation sites excluding steroid dienone is 2. The summed E-state index contributed by atoms with van der Waals surface area (Å²) < 4.78 is 41.8. The van der Waals surface area contributed by atoms with Crippen LogP contribution in [0.15, 0.2) is 24.3 Å². The number of carbonyl (C=O) groups is 1. The quantitative estimate of drug-likeness (QED) is 0.650. The van der Waals surface area contributed by atoms with Crippen molar-refractivity contribution in [2.24, 2.45) is 23.2 Å². The van der Waals surface area contributed by atoms with Crippen molar-refractivity contribution in [3.05, 3.63) is 41.4 Å². The second-order valence-corrected chi connectivity index (χ2v) is 10.0. The van der Waals surface area contributed by atoms with Crippen LogP contribution in [0, 0.1) is 23.2 Å². The third kappa shape index (κ3) is 2.94. The van der Waals surface area contributed by atoms with E-state index in [2.05, 4.69) is 22.2 Å². The third-order valence-electron chi connectivity index (χ3n) is 8.34. The molecule has 32 heavy (non-hydrogen) atoms. The van der Waals surface area contributed by atoms with Crippen LogP contribution in [0.4, 0.5) is 13.2 Å². The van der Waals surface area contributed by atoms with Crippen LogP contribution in [0.3, 0.4) is 0 Å². The smallest absolute Gasteiger partial charge is 0.342 e. The summed E-state index contributed by atoms with van der Waals surface area (Å²) in [6, 6.07) is 2.75. The van der Waals surface area contributed by atoms with Gasteiger partial charge >= 0.3 is 6.18 Å². The SMILES string of the molecule is CCc1cc(C(F)(F)F)n2nc([C@@H]3CCCN(C(=O)[C@@H]4C[C@H]5C=C[C@H]4C54CC4)C3)cc2n1. The van der Waals surface area contributed by atoms with Gasteiger partial charge in [-0.1, -0.05) is 19.1 Å². The average molecular weight is 445 g/mol. The van der Waals surface area contributed by atoms with Gasteiger partial charge in [-0.15, -0.1) is 0 Å². The molecule has 0 aromatic carbocycles. The number of fused-ring (bicyclic) bond motifs is 1. The molecule has 3 heterocycles. The van der Waals surface area contributed by atoms with Crippen LogP contribution < -0.4 is 0 Å². The molecule has 0 unspecified atom stereocenters. The minimum atomic E-state index is -4.50. The highest BCUT2D eigenvalue weighted by atomic mass is 19.4. The van der Waals surface area contributed by atoms with Crippen molar-refractivity contribution in [3.63, 3.8) is 0 Å². The summed E-state index contributed by atoms with van der Waals surface area (Å²) in [4.78, 5) is 19.7. The molecule has 5 nitrogen and oxygen atoms in total. The number of nitrogens with zero attached hydrogens (tertiary/aromatic N) is 4. The fourth-order valence-corrected chi connectivity index (χ4v) is 6.54. The number of aromatic nitrogens is 3.